The highest BCUT2D eigenvalue weighted by atomic mass is 32.2. The second kappa shape index (κ2) is 13.1. The van der Waals surface area contributed by atoms with Crippen LogP contribution in [0.3, 0.4) is 0 Å². The van der Waals surface area contributed by atoms with Gasteiger partial charge < -0.3 is 10.2 Å². The van der Waals surface area contributed by atoms with Gasteiger partial charge in [-0.1, -0.05) is 48.9 Å². The molecule has 0 unspecified atom stereocenters. The molecule has 0 aliphatic heterocycles. The molecule has 40 heavy (non-hydrogen) atoms. The first-order valence-electron chi connectivity index (χ1n) is 13.3. The van der Waals surface area contributed by atoms with Gasteiger partial charge in [0.1, 0.15) is 18.4 Å². The zero-order valence-electron chi connectivity index (χ0n) is 23.9. The molecule has 1 N–H and O–H groups in total. The van der Waals surface area contributed by atoms with Crippen LogP contribution in [0.15, 0.2) is 71.6 Å². The van der Waals surface area contributed by atoms with Crippen molar-refractivity contribution < 1.29 is 22.4 Å². The summed E-state index contributed by atoms with van der Waals surface area (Å²) in [5.41, 5.74) is 3.26. The van der Waals surface area contributed by atoms with Crippen LogP contribution in [-0.2, 0) is 26.2 Å². The van der Waals surface area contributed by atoms with Gasteiger partial charge in [-0.15, -0.1) is 0 Å². The summed E-state index contributed by atoms with van der Waals surface area (Å²) in [5, 5.41) is 2.87. The molecule has 0 aliphatic rings. The zero-order chi connectivity index (χ0) is 29.6. The monoisotopic (exact) mass is 567 g/mol. The Bertz CT molecular complexity index is 1460. The van der Waals surface area contributed by atoms with Crippen molar-refractivity contribution in [3.8, 4) is 0 Å². The number of hydrogen-bond donors (Lipinski definition) is 1. The maximum atomic E-state index is 14.7. The van der Waals surface area contributed by atoms with E-state index in [4.69, 9.17) is 0 Å². The predicted octanol–water partition coefficient (Wildman–Crippen LogP) is 5.28. The van der Waals surface area contributed by atoms with Crippen molar-refractivity contribution in [3.05, 3.63) is 94.8 Å². The molecule has 0 fully saturated rings. The molecule has 3 aromatic rings. The number of nitrogens with zero attached hydrogens (tertiary/aromatic N) is 2. The Morgan fingerprint density at radius 3 is 2.17 bits per heavy atom. The van der Waals surface area contributed by atoms with Crippen molar-refractivity contribution in [3.63, 3.8) is 0 Å². The van der Waals surface area contributed by atoms with E-state index < -0.39 is 40.2 Å². The number of hydrogen-bond acceptors (Lipinski definition) is 4. The fraction of sp³-hybridized carbons (Fsp3) is 0.355. The van der Waals surface area contributed by atoms with E-state index in [0.717, 1.165) is 21.0 Å². The van der Waals surface area contributed by atoms with Crippen molar-refractivity contribution in [2.75, 3.05) is 10.8 Å². The number of sulfonamides is 1. The first-order chi connectivity index (χ1) is 18.8. The summed E-state index contributed by atoms with van der Waals surface area (Å²) in [6, 6.07) is 16.5. The quantitative estimate of drug-likeness (QED) is 0.342. The highest BCUT2D eigenvalue weighted by molar-refractivity contribution is 7.92. The topological polar surface area (TPSA) is 86.8 Å². The number of rotatable bonds is 11. The Morgan fingerprint density at radius 2 is 1.57 bits per heavy atom. The van der Waals surface area contributed by atoms with Crippen LogP contribution in [0, 0.1) is 26.6 Å². The van der Waals surface area contributed by atoms with Crippen molar-refractivity contribution in [2.24, 2.45) is 0 Å². The Balaban J connectivity index is 2.06. The Labute approximate surface area is 237 Å². The molecule has 0 heterocycles. The van der Waals surface area contributed by atoms with E-state index in [-0.39, 0.29) is 23.0 Å². The third kappa shape index (κ3) is 7.27. The smallest absolute Gasteiger partial charge is 0.264 e. The molecular formula is C31H38FN3O4S. The summed E-state index contributed by atoms with van der Waals surface area (Å²) in [5.74, 6) is -1.56. The van der Waals surface area contributed by atoms with Gasteiger partial charge in [-0.05, 0) is 82.5 Å². The minimum absolute atomic E-state index is 0.0346. The lowest BCUT2D eigenvalue weighted by Gasteiger charge is -2.32. The third-order valence-electron chi connectivity index (χ3n) is 7.13. The number of carbonyl (C=O) groups is 2. The van der Waals surface area contributed by atoms with Gasteiger partial charge in [0.2, 0.25) is 11.8 Å². The van der Waals surface area contributed by atoms with Crippen molar-refractivity contribution in [1.29, 1.82) is 0 Å². The normalized spacial score (nSPS) is 12.9. The average molecular weight is 568 g/mol. The minimum Gasteiger partial charge on any atom is -0.352 e. The number of nitrogens with one attached hydrogen (secondary N) is 1. The standard InChI is InChI=1S/C31H38FN3O4S/c1-7-24(5)33-31(37)25(6)34(19-26-10-8-9-11-29(26)32)30(36)20-35(27-15-14-22(3)23(4)18-27)40(38,39)28-16-12-21(2)13-17-28/h8-18,24-25H,7,19-20H2,1-6H3,(H,33,37)/t24-,25-/m1/s1. The molecule has 214 valence electrons. The van der Waals surface area contributed by atoms with Crippen molar-refractivity contribution in [1.82, 2.24) is 10.2 Å². The summed E-state index contributed by atoms with van der Waals surface area (Å²) in [7, 11) is -4.17. The Morgan fingerprint density at radius 1 is 0.925 bits per heavy atom. The summed E-state index contributed by atoms with van der Waals surface area (Å²) in [6.45, 7) is 10.2. The van der Waals surface area contributed by atoms with Crippen molar-refractivity contribution >= 4 is 27.5 Å². The molecule has 2 atom stereocenters. The van der Waals surface area contributed by atoms with Crippen LogP contribution in [-0.4, -0.2) is 43.8 Å². The van der Waals surface area contributed by atoms with Gasteiger partial charge in [-0.25, -0.2) is 12.8 Å². The third-order valence-corrected chi connectivity index (χ3v) is 8.92. The average Bonchev–Trinajstić information content (AvgIpc) is 2.92. The van der Waals surface area contributed by atoms with Crippen LogP contribution in [0.1, 0.15) is 49.4 Å². The molecule has 2 amide bonds. The maximum Gasteiger partial charge on any atom is 0.264 e. The zero-order valence-corrected chi connectivity index (χ0v) is 24.8. The second-order valence-corrected chi connectivity index (χ2v) is 12.1. The molecule has 0 saturated carbocycles. The van der Waals surface area contributed by atoms with Crippen LogP contribution >= 0.6 is 0 Å². The summed E-state index contributed by atoms with van der Waals surface area (Å²) in [6.07, 6.45) is 0.690. The van der Waals surface area contributed by atoms with E-state index in [1.165, 1.54) is 23.1 Å². The Kier molecular flexibility index (Phi) is 10.1. The van der Waals surface area contributed by atoms with Crippen LogP contribution in [0.5, 0.6) is 0 Å². The molecule has 3 rings (SSSR count). The molecule has 0 aromatic heterocycles. The van der Waals surface area contributed by atoms with E-state index in [1.807, 2.05) is 34.6 Å². The highest BCUT2D eigenvalue weighted by Gasteiger charge is 2.33. The molecule has 0 spiro atoms. The van der Waals surface area contributed by atoms with Gasteiger partial charge in [0.15, 0.2) is 0 Å². The fourth-order valence-corrected chi connectivity index (χ4v) is 5.51. The van der Waals surface area contributed by atoms with E-state index in [9.17, 15) is 22.4 Å². The number of carbonyl (C=O) groups excluding carboxylic acids is 2. The predicted molar refractivity (Wildman–Crippen MR) is 156 cm³/mol. The molecule has 3 aromatic carbocycles. The molecule has 0 radical (unpaired) electrons. The van der Waals surface area contributed by atoms with Crippen LogP contribution in [0.2, 0.25) is 0 Å². The number of anilines is 1. The summed E-state index contributed by atoms with van der Waals surface area (Å²) in [4.78, 5) is 28.3. The first-order valence-corrected chi connectivity index (χ1v) is 14.8. The van der Waals surface area contributed by atoms with Crippen LogP contribution in [0.4, 0.5) is 10.1 Å². The minimum atomic E-state index is -4.17. The number of amides is 2. The fourth-order valence-electron chi connectivity index (χ4n) is 4.11. The van der Waals surface area contributed by atoms with Gasteiger partial charge in [0.05, 0.1) is 10.6 Å². The van der Waals surface area contributed by atoms with Gasteiger partial charge in [0.25, 0.3) is 10.0 Å². The molecule has 9 heteroatoms. The number of halogens is 1. The molecule has 0 saturated heterocycles. The van der Waals surface area contributed by atoms with Gasteiger partial charge in [0, 0.05) is 18.2 Å². The largest absolute Gasteiger partial charge is 0.352 e. The van der Waals surface area contributed by atoms with E-state index in [2.05, 4.69) is 5.32 Å². The lowest BCUT2D eigenvalue weighted by atomic mass is 10.1. The Hall–Kier alpha value is -3.72. The van der Waals surface area contributed by atoms with E-state index >= 15 is 0 Å². The SMILES string of the molecule is CC[C@@H](C)NC(=O)[C@@H](C)N(Cc1ccccc1F)C(=O)CN(c1ccc(C)c(C)c1)S(=O)(=O)c1ccc(C)cc1. The molecule has 0 aliphatic carbocycles. The lowest BCUT2D eigenvalue weighted by Crippen LogP contribution is -2.52. The lowest BCUT2D eigenvalue weighted by molar-refractivity contribution is -0.139. The molecule has 7 nitrogen and oxygen atoms in total. The van der Waals surface area contributed by atoms with Gasteiger partial charge in [-0.2, -0.15) is 0 Å². The van der Waals surface area contributed by atoms with Crippen LogP contribution < -0.4 is 9.62 Å². The van der Waals surface area contributed by atoms with E-state index in [1.54, 1.807) is 55.5 Å². The van der Waals surface area contributed by atoms with Crippen molar-refractivity contribution in [2.45, 2.75) is 71.5 Å². The maximum absolute atomic E-state index is 14.7. The first kappa shape index (κ1) is 30.8. The van der Waals surface area contributed by atoms with Crippen LogP contribution in [0.25, 0.3) is 0 Å². The summed E-state index contributed by atoms with van der Waals surface area (Å²) >= 11 is 0. The second-order valence-electron chi connectivity index (χ2n) is 10.2. The number of benzene rings is 3. The highest BCUT2D eigenvalue weighted by Crippen LogP contribution is 2.27. The van der Waals surface area contributed by atoms with Gasteiger partial charge in [-0.3, -0.25) is 13.9 Å². The molecule has 0 bridgehead atoms. The summed E-state index contributed by atoms with van der Waals surface area (Å²) < 4.78 is 43.5. The molecular weight excluding hydrogens is 529 g/mol. The van der Waals surface area contributed by atoms with E-state index in [0.29, 0.717) is 12.1 Å². The van der Waals surface area contributed by atoms with Gasteiger partial charge >= 0.3 is 0 Å². The number of aryl methyl sites for hydroxylation is 3.